The molecule has 0 aliphatic heterocycles. The molecular weight excluding hydrogens is 268 g/mol. The first-order chi connectivity index (χ1) is 10.2. The largest absolute Gasteiger partial charge is 0.466 e. The molecule has 1 fully saturated rings. The van der Waals surface area contributed by atoms with Crippen LogP contribution in [0.25, 0.3) is 0 Å². The Morgan fingerprint density at radius 1 is 1.05 bits per heavy atom. The van der Waals surface area contributed by atoms with Crippen LogP contribution < -0.4 is 4.74 Å². The van der Waals surface area contributed by atoms with Gasteiger partial charge in [-0.15, -0.1) is 0 Å². The molecule has 1 aliphatic carbocycles. The van der Waals surface area contributed by atoms with E-state index in [4.69, 9.17) is 9.47 Å². The molecule has 2 atom stereocenters. The zero-order chi connectivity index (χ0) is 15.7. The quantitative estimate of drug-likeness (QED) is 0.628. The highest BCUT2D eigenvalue weighted by molar-refractivity contribution is 5.83. The predicted octanol–water partition coefficient (Wildman–Crippen LogP) is 3.60. The van der Waals surface area contributed by atoms with Gasteiger partial charge in [0.1, 0.15) is 5.75 Å². The summed E-state index contributed by atoms with van der Waals surface area (Å²) in [4.78, 5) is 23.9. The minimum absolute atomic E-state index is 0.282. The molecule has 4 nitrogen and oxygen atoms in total. The fourth-order valence-electron chi connectivity index (χ4n) is 2.45. The molecule has 0 N–H and O–H groups in total. The first-order valence-electron chi connectivity index (χ1n) is 7.65. The van der Waals surface area contributed by atoms with Crippen LogP contribution in [0.4, 0.5) is 0 Å². The number of benzene rings is 1. The van der Waals surface area contributed by atoms with Gasteiger partial charge in [-0.25, -0.2) is 0 Å². The number of rotatable bonds is 4. The third-order valence-corrected chi connectivity index (χ3v) is 3.37. The van der Waals surface area contributed by atoms with E-state index in [-0.39, 0.29) is 23.8 Å². The van der Waals surface area contributed by atoms with Gasteiger partial charge in [0.25, 0.3) is 0 Å². The van der Waals surface area contributed by atoms with Gasteiger partial charge >= 0.3 is 11.9 Å². The summed E-state index contributed by atoms with van der Waals surface area (Å²) in [6.45, 7) is 6.11. The van der Waals surface area contributed by atoms with Crippen molar-refractivity contribution in [1.29, 1.82) is 0 Å². The van der Waals surface area contributed by atoms with Gasteiger partial charge in [0.05, 0.1) is 18.4 Å². The Hall–Kier alpha value is -1.84. The van der Waals surface area contributed by atoms with E-state index in [9.17, 15) is 9.59 Å². The van der Waals surface area contributed by atoms with Gasteiger partial charge in [-0.05, 0) is 31.9 Å². The molecule has 0 spiro atoms. The fourth-order valence-corrected chi connectivity index (χ4v) is 2.45. The summed E-state index contributed by atoms with van der Waals surface area (Å²) >= 11 is 0. The maximum atomic E-state index is 12.1. The summed E-state index contributed by atoms with van der Waals surface area (Å²) in [5.41, 5.74) is 0. The van der Waals surface area contributed by atoms with Crippen LogP contribution in [0.15, 0.2) is 30.3 Å². The van der Waals surface area contributed by atoms with E-state index >= 15 is 0 Å². The first-order valence-corrected chi connectivity index (χ1v) is 7.65. The van der Waals surface area contributed by atoms with Crippen molar-refractivity contribution in [2.75, 3.05) is 6.61 Å². The number of carbonyl (C=O) groups excluding carboxylic acids is 2. The Bertz CT molecular complexity index is 441. The lowest BCUT2D eigenvalue weighted by Crippen LogP contribution is -2.30. The minimum atomic E-state index is -0.376. The van der Waals surface area contributed by atoms with Crippen molar-refractivity contribution in [2.24, 2.45) is 11.8 Å². The molecule has 1 aliphatic rings. The van der Waals surface area contributed by atoms with Crippen molar-refractivity contribution < 1.29 is 19.1 Å². The van der Waals surface area contributed by atoms with Crippen LogP contribution in [-0.4, -0.2) is 18.5 Å². The molecule has 0 heterocycles. The summed E-state index contributed by atoms with van der Waals surface area (Å²) in [5, 5.41) is 0. The summed E-state index contributed by atoms with van der Waals surface area (Å²) < 4.78 is 10.3. The summed E-state index contributed by atoms with van der Waals surface area (Å²) in [5.74, 6) is -0.825. The molecule has 0 bridgehead atoms. The van der Waals surface area contributed by atoms with E-state index in [1.807, 2.05) is 19.9 Å². The third-order valence-electron chi connectivity index (χ3n) is 3.37. The highest BCUT2D eigenvalue weighted by Gasteiger charge is 2.39. The van der Waals surface area contributed by atoms with Gasteiger partial charge in [-0.3, -0.25) is 9.59 Å². The predicted molar refractivity (Wildman–Crippen MR) is 80.9 cm³/mol. The molecule has 1 saturated carbocycles. The van der Waals surface area contributed by atoms with Crippen molar-refractivity contribution in [3.05, 3.63) is 30.3 Å². The molecule has 1 aromatic rings. The summed E-state index contributed by atoms with van der Waals surface area (Å²) in [6.07, 6.45) is 2.25. The smallest absolute Gasteiger partial charge is 0.315 e. The van der Waals surface area contributed by atoms with Gasteiger partial charge in [0.15, 0.2) is 0 Å². The van der Waals surface area contributed by atoms with E-state index in [0.717, 1.165) is 6.42 Å². The minimum Gasteiger partial charge on any atom is -0.466 e. The second-order valence-corrected chi connectivity index (χ2v) is 4.63. The molecule has 2 unspecified atom stereocenters. The van der Waals surface area contributed by atoms with Gasteiger partial charge in [0, 0.05) is 0 Å². The molecule has 0 aromatic heterocycles. The zero-order valence-corrected chi connectivity index (χ0v) is 13.0. The SMILES string of the molecule is CC.CCOC(=O)C1CCCC1C(=O)Oc1ccccc1. The number of hydrogen-bond acceptors (Lipinski definition) is 4. The molecule has 21 heavy (non-hydrogen) atoms. The van der Waals surface area contributed by atoms with Crippen LogP contribution >= 0.6 is 0 Å². The molecule has 116 valence electrons. The highest BCUT2D eigenvalue weighted by Crippen LogP contribution is 2.34. The van der Waals surface area contributed by atoms with E-state index in [1.165, 1.54) is 0 Å². The highest BCUT2D eigenvalue weighted by atomic mass is 16.5. The number of hydrogen-bond donors (Lipinski definition) is 0. The Balaban J connectivity index is 0.00000106. The number of esters is 2. The van der Waals surface area contributed by atoms with E-state index in [0.29, 0.717) is 25.2 Å². The zero-order valence-electron chi connectivity index (χ0n) is 13.0. The van der Waals surface area contributed by atoms with Crippen LogP contribution in [0.3, 0.4) is 0 Å². The van der Waals surface area contributed by atoms with Crippen LogP contribution in [0.5, 0.6) is 5.75 Å². The molecule has 0 amide bonds. The van der Waals surface area contributed by atoms with E-state index < -0.39 is 0 Å². The number of ether oxygens (including phenoxy) is 2. The molecule has 1 aromatic carbocycles. The normalized spacial score (nSPS) is 20.1. The lowest BCUT2D eigenvalue weighted by Gasteiger charge is -2.16. The second kappa shape index (κ2) is 9.16. The Labute approximate surface area is 126 Å². The summed E-state index contributed by atoms with van der Waals surface area (Å²) in [6, 6.07) is 8.92. The lowest BCUT2D eigenvalue weighted by molar-refractivity contribution is -0.154. The van der Waals surface area contributed by atoms with E-state index in [2.05, 4.69) is 0 Å². The first kappa shape index (κ1) is 17.2. The van der Waals surface area contributed by atoms with Crippen LogP contribution in [0.1, 0.15) is 40.0 Å². The fraction of sp³-hybridized carbons (Fsp3) is 0.529. The third kappa shape index (κ3) is 4.88. The van der Waals surface area contributed by atoms with Crippen molar-refractivity contribution >= 4 is 11.9 Å². The average Bonchev–Trinajstić information content (AvgIpc) is 3.00. The molecule has 2 rings (SSSR count). The topological polar surface area (TPSA) is 52.6 Å². The number of para-hydroxylation sites is 1. The van der Waals surface area contributed by atoms with Gasteiger partial charge < -0.3 is 9.47 Å². The van der Waals surface area contributed by atoms with Crippen LogP contribution in [0.2, 0.25) is 0 Å². The Morgan fingerprint density at radius 2 is 1.62 bits per heavy atom. The molecule has 0 radical (unpaired) electrons. The second-order valence-electron chi connectivity index (χ2n) is 4.63. The van der Waals surface area contributed by atoms with Crippen molar-refractivity contribution in [3.8, 4) is 5.75 Å². The van der Waals surface area contributed by atoms with Gasteiger partial charge in [-0.2, -0.15) is 0 Å². The standard InChI is InChI=1S/C15H18O4.C2H6/c1-2-18-14(16)12-9-6-10-13(12)15(17)19-11-7-4-3-5-8-11;1-2/h3-5,7-8,12-13H,2,6,9-10H2,1H3;1-2H3. The molecule has 0 saturated heterocycles. The van der Waals surface area contributed by atoms with Crippen molar-refractivity contribution in [3.63, 3.8) is 0 Å². The maximum absolute atomic E-state index is 12.1. The van der Waals surface area contributed by atoms with Gasteiger partial charge in [0.2, 0.25) is 0 Å². The Morgan fingerprint density at radius 3 is 2.19 bits per heavy atom. The van der Waals surface area contributed by atoms with Crippen molar-refractivity contribution in [1.82, 2.24) is 0 Å². The Kier molecular flexibility index (Phi) is 7.51. The van der Waals surface area contributed by atoms with E-state index in [1.54, 1.807) is 31.2 Å². The number of carbonyl (C=O) groups is 2. The van der Waals surface area contributed by atoms with Crippen LogP contribution in [0, 0.1) is 11.8 Å². The summed E-state index contributed by atoms with van der Waals surface area (Å²) in [7, 11) is 0. The van der Waals surface area contributed by atoms with Crippen molar-refractivity contribution in [2.45, 2.75) is 40.0 Å². The van der Waals surface area contributed by atoms with Crippen LogP contribution in [-0.2, 0) is 14.3 Å². The monoisotopic (exact) mass is 292 g/mol. The molecular formula is C17H24O4. The average molecular weight is 292 g/mol. The maximum Gasteiger partial charge on any atom is 0.315 e. The molecule has 4 heteroatoms. The lowest BCUT2D eigenvalue weighted by atomic mass is 9.96. The van der Waals surface area contributed by atoms with Gasteiger partial charge in [-0.1, -0.05) is 38.5 Å².